The Morgan fingerprint density at radius 1 is 1.12 bits per heavy atom. The maximum Gasteiger partial charge on any atom is 0.220 e. The molecule has 0 aliphatic rings. The van der Waals surface area contributed by atoms with Crippen LogP contribution in [0, 0.1) is 0 Å². The lowest BCUT2D eigenvalue weighted by molar-refractivity contribution is -0.121. The standard InChI is InChI=1S/C21H25N3OS/c1-24(2)17(14-16-8-4-3-5-9-16)15-22-20(25)12-13-21-23-18-10-6-7-11-19(18)26-21/h3-11,17H,12-15H2,1-2H3,(H,22,25). The fourth-order valence-electron chi connectivity index (χ4n) is 2.89. The number of hydrogen-bond donors (Lipinski definition) is 1. The fraction of sp³-hybridized carbons (Fsp3) is 0.333. The van der Waals surface area contributed by atoms with Crippen molar-refractivity contribution in [2.45, 2.75) is 25.3 Å². The highest BCUT2D eigenvalue weighted by atomic mass is 32.1. The Kier molecular flexibility index (Phi) is 6.36. The third-order valence-electron chi connectivity index (χ3n) is 4.48. The molecule has 0 fully saturated rings. The quantitative estimate of drug-likeness (QED) is 0.663. The van der Waals surface area contributed by atoms with Gasteiger partial charge in [-0.15, -0.1) is 11.3 Å². The smallest absolute Gasteiger partial charge is 0.220 e. The van der Waals surface area contributed by atoms with E-state index >= 15 is 0 Å². The zero-order chi connectivity index (χ0) is 18.4. The first-order valence-corrected chi connectivity index (χ1v) is 9.75. The molecule has 0 radical (unpaired) electrons. The van der Waals surface area contributed by atoms with Crippen LogP contribution in [-0.4, -0.2) is 42.5 Å². The Hall–Kier alpha value is -2.24. The van der Waals surface area contributed by atoms with Crippen LogP contribution >= 0.6 is 11.3 Å². The number of rotatable bonds is 8. The van der Waals surface area contributed by atoms with Crippen molar-refractivity contribution in [1.29, 1.82) is 0 Å². The molecule has 1 amide bonds. The number of carbonyl (C=O) groups excluding carboxylic acids is 1. The summed E-state index contributed by atoms with van der Waals surface area (Å²) >= 11 is 1.67. The molecule has 0 aliphatic heterocycles. The van der Waals surface area contributed by atoms with Crippen LogP contribution in [0.5, 0.6) is 0 Å². The first-order chi connectivity index (χ1) is 12.6. The summed E-state index contributed by atoms with van der Waals surface area (Å²) in [6, 6.07) is 18.8. The average molecular weight is 368 g/mol. The van der Waals surface area contributed by atoms with Crippen LogP contribution in [0.25, 0.3) is 10.2 Å². The van der Waals surface area contributed by atoms with E-state index in [1.165, 1.54) is 10.3 Å². The van der Waals surface area contributed by atoms with E-state index in [0.29, 0.717) is 19.4 Å². The largest absolute Gasteiger partial charge is 0.355 e. The summed E-state index contributed by atoms with van der Waals surface area (Å²) in [5.74, 6) is 0.0872. The van der Waals surface area contributed by atoms with Gasteiger partial charge in [-0.2, -0.15) is 0 Å². The Bertz CT molecular complexity index is 812. The molecular weight excluding hydrogens is 342 g/mol. The first-order valence-electron chi connectivity index (χ1n) is 8.93. The molecule has 2 aromatic carbocycles. The van der Waals surface area contributed by atoms with Gasteiger partial charge >= 0.3 is 0 Å². The summed E-state index contributed by atoms with van der Waals surface area (Å²) in [7, 11) is 4.11. The Balaban J connectivity index is 1.48. The molecular formula is C21H25N3OS. The van der Waals surface area contributed by atoms with Gasteiger partial charge in [-0.05, 0) is 38.2 Å². The zero-order valence-corrected chi connectivity index (χ0v) is 16.1. The number of fused-ring (bicyclic) bond motifs is 1. The van der Waals surface area contributed by atoms with Gasteiger partial charge in [0.05, 0.1) is 15.2 Å². The van der Waals surface area contributed by atoms with Gasteiger partial charge in [-0.1, -0.05) is 42.5 Å². The second-order valence-electron chi connectivity index (χ2n) is 6.69. The predicted molar refractivity (Wildman–Crippen MR) is 109 cm³/mol. The number of benzene rings is 2. The van der Waals surface area contributed by atoms with Gasteiger partial charge in [-0.3, -0.25) is 4.79 Å². The van der Waals surface area contributed by atoms with Gasteiger partial charge in [0.1, 0.15) is 0 Å². The third kappa shape index (κ3) is 5.13. The van der Waals surface area contributed by atoms with Crippen molar-refractivity contribution in [1.82, 2.24) is 15.2 Å². The third-order valence-corrected chi connectivity index (χ3v) is 5.58. The number of para-hydroxylation sites is 1. The topological polar surface area (TPSA) is 45.2 Å². The minimum absolute atomic E-state index is 0.0872. The zero-order valence-electron chi connectivity index (χ0n) is 15.3. The number of likely N-dealkylation sites (N-methyl/N-ethyl adjacent to an activating group) is 1. The minimum atomic E-state index is 0.0872. The van der Waals surface area contributed by atoms with E-state index in [2.05, 4.69) is 59.6 Å². The van der Waals surface area contributed by atoms with E-state index in [-0.39, 0.29) is 11.9 Å². The molecule has 136 valence electrons. The number of aryl methyl sites for hydroxylation is 1. The van der Waals surface area contributed by atoms with E-state index in [1.807, 2.05) is 24.3 Å². The number of nitrogens with one attached hydrogen (secondary N) is 1. The van der Waals surface area contributed by atoms with Gasteiger partial charge in [0.2, 0.25) is 5.91 Å². The number of amides is 1. The Morgan fingerprint density at radius 2 is 1.85 bits per heavy atom. The van der Waals surface area contributed by atoms with Crippen LogP contribution in [0.2, 0.25) is 0 Å². The summed E-state index contributed by atoms with van der Waals surface area (Å²) in [5, 5.41) is 4.11. The lowest BCUT2D eigenvalue weighted by Gasteiger charge is -2.24. The molecule has 0 saturated carbocycles. The highest BCUT2D eigenvalue weighted by Crippen LogP contribution is 2.22. The number of aromatic nitrogens is 1. The van der Waals surface area contributed by atoms with Crippen molar-refractivity contribution < 1.29 is 4.79 Å². The van der Waals surface area contributed by atoms with Gasteiger partial charge < -0.3 is 10.2 Å². The summed E-state index contributed by atoms with van der Waals surface area (Å²) in [6.07, 6.45) is 2.09. The molecule has 0 bridgehead atoms. The number of nitrogens with zero attached hydrogens (tertiary/aromatic N) is 2. The molecule has 0 saturated heterocycles. The Labute approximate surface area is 158 Å². The molecule has 0 spiro atoms. The Morgan fingerprint density at radius 3 is 2.58 bits per heavy atom. The lowest BCUT2D eigenvalue weighted by Crippen LogP contribution is -2.41. The van der Waals surface area contributed by atoms with Crippen molar-refractivity contribution in [3.8, 4) is 0 Å². The molecule has 1 heterocycles. The molecule has 5 heteroatoms. The van der Waals surface area contributed by atoms with Gasteiger partial charge in [-0.25, -0.2) is 4.98 Å². The highest BCUT2D eigenvalue weighted by Gasteiger charge is 2.14. The average Bonchev–Trinajstić information content (AvgIpc) is 3.07. The molecule has 1 aromatic heterocycles. The highest BCUT2D eigenvalue weighted by molar-refractivity contribution is 7.18. The van der Waals surface area contributed by atoms with E-state index in [0.717, 1.165) is 16.9 Å². The normalized spacial score (nSPS) is 12.4. The van der Waals surface area contributed by atoms with E-state index < -0.39 is 0 Å². The maximum atomic E-state index is 12.3. The maximum absolute atomic E-state index is 12.3. The molecule has 4 nitrogen and oxygen atoms in total. The lowest BCUT2D eigenvalue weighted by atomic mass is 10.1. The van der Waals surface area contributed by atoms with Crippen LogP contribution in [0.3, 0.4) is 0 Å². The van der Waals surface area contributed by atoms with E-state index in [1.54, 1.807) is 11.3 Å². The second-order valence-corrected chi connectivity index (χ2v) is 7.80. The first kappa shape index (κ1) is 18.5. The van der Waals surface area contributed by atoms with Crippen molar-refractivity contribution in [2.24, 2.45) is 0 Å². The van der Waals surface area contributed by atoms with Crippen LogP contribution in [0.4, 0.5) is 0 Å². The molecule has 3 rings (SSSR count). The predicted octanol–water partition coefficient (Wildman–Crippen LogP) is 3.52. The monoisotopic (exact) mass is 367 g/mol. The minimum Gasteiger partial charge on any atom is -0.355 e. The van der Waals surface area contributed by atoms with E-state index in [9.17, 15) is 4.79 Å². The number of hydrogen-bond acceptors (Lipinski definition) is 4. The molecule has 3 aromatic rings. The molecule has 26 heavy (non-hydrogen) atoms. The number of carbonyl (C=O) groups is 1. The van der Waals surface area contributed by atoms with Gasteiger partial charge in [0.15, 0.2) is 0 Å². The van der Waals surface area contributed by atoms with Crippen LogP contribution < -0.4 is 5.32 Å². The second kappa shape index (κ2) is 8.92. The van der Waals surface area contributed by atoms with Crippen molar-refractivity contribution >= 4 is 27.5 Å². The molecule has 1 unspecified atom stereocenters. The van der Waals surface area contributed by atoms with Gasteiger partial charge in [0, 0.05) is 25.4 Å². The molecule has 1 atom stereocenters. The molecule has 0 aliphatic carbocycles. The van der Waals surface area contributed by atoms with Gasteiger partial charge in [0.25, 0.3) is 0 Å². The van der Waals surface area contributed by atoms with Crippen LogP contribution in [-0.2, 0) is 17.6 Å². The SMILES string of the molecule is CN(C)C(CNC(=O)CCc1nc2ccccc2s1)Cc1ccccc1. The number of thiazole rings is 1. The summed E-state index contributed by atoms with van der Waals surface area (Å²) in [4.78, 5) is 19.0. The summed E-state index contributed by atoms with van der Waals surface area (Å²) < 4.78 is 1.18. The fourth-order valence-corrected chi connectivity index (χ4v) is 3.86. The summed E-state index contributed by atoms with van der Waals surface area (Å²) in [5.41, 5.74) is 2.30. The molecule has 1 N–H and O–H groups in total. The van der Waals surface area contributed by atoms with Crippen molar-refractivity contribution in [3.05, 3.63) is 65.2 Å². The van der Waals surface area contributed by atoms with Crippen molar-refractivity contribution in [3.63, 3.8) is 0 Å². The van der Waals surface area contributed by atoms with Crippen LogP contribution in [0.1, 0.15) is 17.0 Å². The summed E-state index contributed by atoms with van der Waals surface area (Å²) in [6.45, 7) is 0.653. The van der Waals surface area contributed by atoms with Crippen LogP contribution in [0.15, 0.2) is 54.6 Å². The van der Waals surface area contributed by atoms with Crippen molar-refractivity contribution in [2.75, 3.05) is 20.6 Å². The van der Waals surface area contributed by atoms with E-state index in [4.69, 9.17) is 0 Å².